The van der Waals surface area contributed by atoms with Crippen LogP contribution < -0.4 is 15.4 Å². The average molecular weight is 481 g/mol. The van der Waals surface area contributed by atoms with Crippen LogP contribution in [0.1, 0.15) is 49.2 Å². The zero-order valence-electron chi connectivity index (χ0n) is 21.5. The maximum atomic E-state index is 12.9. The molecule has 35 heavy (non-hydrogen) atoms. The fourth-order valence-electron chi connectivity index (χ4n) is 4.21. The third-order valence-electron chi connectivity index (χ3n) is 6.47. The number of carbonyl (C=O) groups is 2. The van der Waals surface area contributed by atoms with Gasteiger partial charge < -0.3 is 20.3 Å². The lowest BCUT2D eigenvalue weighted by Crippen LogP contribution is -2.49. The Hall–Kier alpha value is -2.90. The highest BCUT2D eigenvalue weighted by Crippen LogP contribution is 2.14. The zero-order valence-corrected chi connectivity index (χ0v) is 21.5. The Bertz CT molecular complexity index is 936. The second-order valence-corrected chi connectivity index (χ2v) is 9.40. The van der Waals surface area contributed by atoms with Crippen molar-refractivity contribution in [3.05, 3.63) is 65.2 Å². The molecular weight excluding hydrogens is 440 g/mol. The van der Waals surface area contributed by atoms with Crippen LogP contribution in [-0.2, 0) is 17.9 Å². The monoisotopic (exact) mass is 480 g/mol. The van der Waals surface area contributed by atoms with Crippen molar-refractivity contribution in [2.45, 2.75) is 46.8 Å². The molecule has 0 radical (unpaired) electrons. The number of likely N-dealkylation sites (N-methyl/N-ethyl adjacent to an activating group) is 1. The van der Waals surface area contributed by atoms with Gasteiger partial charge in [-0.1, -0.05) is 45.0 Å². The molecule has 0 saturated carbocycles. The van der Waals surface area contributed by atoms with Crippen LogP contribution >= 0.6 is 0 Å². The van der Waals surface area contributed by atoms with Gasteiger partial charge in [-0.25, -0.2) is 0 Å². The first kappa shape index (κ1) is 26.7. The summed E-state index contributed by atoms with van der Waals surface area (Å²) in [5.41, 5.74) is 2.82. The van der Waals surface area contributed by atoms with E-state index in [0.717, 1.165) is 44.8 Å². The van der Waals surface area contributed by atoms with Crippen LogP contribution in [0.2, 0.25) is 0 Å². The van der Waals surface area contributed by atoms with E-state index in [2.05, 4.69) is 51.6 Å². The van der Waals surface area contributed by atoms with Gasteiger partial charge in [-0.2, -0.15) is 0 Å². The van der Waals surface area contributed by atoms with E-state index in [1.165, 1.54) is 5.56 Å². The molecule has 1 fully saturated rings. The summed E-state index contributed by atoms with van der Waals surface area (Å²) in [6.45, 7) is 15.5. The van der Waals surface area contributed by atoms with Gasteiger partial charge in [0.1, 0.15) is 11.8 Å². The highest BCUT2D eigenvalue weighted by molar-refractivity contribution is 5.97. The summed E-state index contributed by atoms with van der Waals surface area (Å²) >= 11 is 0. The van der Waals surface area contributed by atoms with E-state index < -0.39 is 6.04 Å². The Morgan fingerprint density at radius 3 is 2.06 bits per heavy atom. The maximum absolute atomic E-state index is 12.9. The van der Waals surface area contributed by atoms with Crippen molar-refractivity contribution in [2.75, 3.05) is 39.3 Å². The molecule has 7 heteroatoms. The van der Waals surface area contributed by atoms with Crippen LogP contribution in [0.25, 0.3) is 0 Å². The standard InChI is InChI=1S/C28H40N4O3/c1-5-31-15-17-32(18-16-31)20-23-9-7-22(8-10-23)19-29-28(34)26(21(3)4)30-27(33)24-11-13-25(14-12-24)35-6-2/h7-14,21,26H,5-6,15-20H2,1-4H3,(H,29,34)(H,30,33). The molecule has 0 aromatic heterocycles. The van der Waals surface area contributed by atoms with Crippen molar-refractivity contribution in [2.24, 2.45) is 5.92 Å². The van der Waals surface area contributed by atoms with Gasteiger partial charge in [-0.15, -0.1) is 0 Å². The van der Waals surface area contributed by atoms with E-state index >= 15 is 0 Å². The van der Waals surface area contributed by atoms with Crippen molar-refractivity contribution in [3.8, 4) is 5.75 Å². The first-order valence-electron chi connectivity index (χ1n) is 12.7. The fraction of sp³-hybridized carbons (Fsp3) is 0.500. The van der Waals surface area contributed by atoms with Crippen molar-refractivity contribution < 1.29 is 14.3 Å². The Labute approximate surface area is 209 Å². The third-order valence-corrected chi connectivity index (χ3v) is 6.47. The number of hydrogen-bond donors (Lipinski definition) is 2. The summed E-state index contributed by atoms with van der Waals surface area (Å²) in [4.78, 5) is 30.6. The number of carbonyl (C=O) groups excluding carboxylic acids is 2. The van der Waals surface area contributed by atoms with E-state index in [1.807, 2.05) is 20.8 Å². The van der Waals surface area contributed by atoms with Crippen molar-refractivity contribution in [1.29, 1.82) is 0 Å². The molecule has 2 N–H and O–H groups in total. The van der Waals surface area contributed by atoms with Crippen LogP contribution in [0, 0.1) is 5.92 Å². The Morgan fingerprint density at radius 2 is 1.49 bits per heavy atom. The van der Waals surface area contributed by atoms with Crippen molar-refractivity contribution >= 4 is 11.8 Å². The Kier molecular flexibility index (Phi) is 10.1. The lowest BCUT2D eigenvalue weighted by atomic mass is 10.0. The van der Waals surface area contributed by atoms with E-state index in [1.54, 1.807) is 24.3 Å². The zero-order chi connectivity index (χ0) is 25.2. The molecule has 0 aliphatic carbocycles. The summed E-state index contributed by atoms with van der Waals surface area (Å²) in [6.07, 6.45) is 0. The molecule has 1 unspecified atom stereocenters. The lowest BCUT2D eigenvalue weighted by Gasteiger charge is -2.34. The fourth-order valence-corrected chi connectivity index (χ4v) is 4.21. The molecule has 1 saturated heterocycles. The maximum Gasteiger partial charge on any atom is 0.251 e. The van der Waals surface area contributed by atoms with Crippen molar-refractivity contribution in [1.82, 2.24) is 20.4 Å². The van der Waals surface area contributed by atoms with Gasteiger partial charge in [0.25, 0.3) is 5.91 Å². The second-order valence-electron chi connectivity index (χ2n) is 9.40. The van der Waals surface area contributed by atoms with Gasteiger partial charge in [-0.3, -0.25) is 14.5 Å². The minimum Gasteiger partial charge on any atom is -0.494 e. The quantitative estimate of drug-likeness (QED) is 0.516. The van der Waals surface area contributed by atoms with Crippen molar-refractivity contribution in [3.63, 3.8) is 0 Å². The molecule has 190 valence electrons. The number of nitrogens with zero attached hydrogens (tertiary/aromatic N) is 2. The predicted molar refractivity (Wildman–Crippen MR) is 139 cm³/mol. The molecule has 1 aliphatic rings. The molecule has 3 rings (SSSR count). The number of nitrogens with one attached hydrogen (secondary N) is 2. The van der Waals surface area contributed by atoms with Gasteiger partial charge in [-0.05, 0) is 54.8 Å². The summed E-state index contributed by atoms with van der Waals surface area (Å²) < 4.78 is 5.43. The summed E-state index contributed by atoms with van der Waals surface area (Å²) in [6, 6.07) is 14.7. The smallest absolute Gasteiger partial charge is 0.251 e. The normalized spacial score (nSPS) is 15.6. The Morgan fingerprint density at radius 1 is 0.886 bits per heavy atom. The van der Waals surface area contributed by atoms with Crippen LogP contribution in [-0.4, -0.2) is 67.0 Å². The first-order chi connectivity index (χ1) is 16.9. The van der Waals surface area contributed by atoms with Gasteiger partial charge in [0.05, 0.1) is 6.61 Å². The Balaban J connectivity index is 1.49. The van der Waals surface area contributed by atoms with Crippen LogP contribution in [0.3, 0.4) is 0 Å². The first-order valence-corrected chi connectivity index (χ1v) is 12.7. The van der Waals surface area contributed by atoms with Gasteiger partial charge in [0, 0.05) is 44.8 Å². The highest BCUT2D eigenvalue weighted by atomic mass is 16.5. The minimum atomic E-state index is -0.616. The average Bonchev–Trinajstić information content (AvgIpc) is 2.87. The van der Waals surface area contributed by atoms with E-state index in [0.29, 0.717) is 24.5 Å². The molecule has 7 nitrogen and oxygen atoms in total. The molecule has 2 amide bonds. The number of piperazine rings is 1. The molecule has 1 atom stereocenters. The minimum absolute atomic E-state index is 0.0443. The molecule has 1 aliphatic heterocycles. The topological polar surface area (TPSA) is 73.9 Å². The number of ether oxygens (including phenoxy) is 1. The summed E-state index contributed by atoms with van der Waals surface area (Å²) in [5.74, 6) is 0.215. The molecule has 2 aromatic rings. The number of rotatable bonds is 11. The number of benzene rings is 2. The van der Waals surface area contributed by atoms with Gasteiger partial charge in [0.2, 0.25) is 5.91 Å². The van der Waals surface area contributed by atoms with Crippen LogP contribution in [0.15, 0.2) is 48.5 Å². The molecule has 0 spiro atoms. The number of hydrogen-bond acceptors (Lipinski definition) is 5. The van der Waals surface area contributed by atoms with Crippen LogP contribution in [0.5, 0.6) is 5.75 Å². The van der Waals surface area contributed by atoms with Gasteiger partial charge >= 0.3 is 0 Å². The van der Waals surface area contributed by atoms with E-state index in [-0.39, 0.29) is 17.7 Å². The third kappa shape index (κ3) is 8.08. The van der Waals surface area contributed by atoms with Gasteiger partial charge in [0.15, 0.2) is 0 Å². The molecular formula is C28H40N4O3. The van der Waals surface area contributed by atoms with E-state index in [4.69, 9.17) is 4.74 Å². The SMILES string of the molecule is CCOc1ccc(C(=O)NC(C(=O)NCc2ccc(CN3CCN(CC)CC3)cc2)C(C)C)cc1. The highest BCUT2D eigenvalue weighted by Gasteiger charge is 2.24. The molecule has 1 heterocycles. The molecule has 0 bridgehead atoms. The molecule has 2 aromatic carbocycles. The second kappa shape index (κ2) is 13.3. The summed E-state index contributed by atoms with van der Waals surface area (Å²) in [5, 5.41) is 5.87. The summed E-state index contributed by atoms with van der Waals surface area (Å²) in [7, 11) is 0. The van der Waals surface area contributed by atoms with E-state index in [9.17, 15) is 9.59 Å². The number of amides is 2. The lowest BCUT2D eigenvalue weighted by molar-refractivity contribution is -0.124. The van der Waals surface area contributed by atoms with Crippen LogP contribution in [0.4, 0.5) is 0 Å². The largest absolute Gasteiger partial charge is 0.494 e. The predicted octanol–water partition coefficient (Wildman–Crippen LogP) is 3.29.